The summed E-state index contributed by atoms with van der Waals surface area (Å²) < 4.78 is 16.2. The van der Waals surface area contributed by atoms with E-state index in [0.717, 1.165) is 4.90 Å². The summed E-state index contributed by atoms with van der Waals surface area (Å²) in [6, 6.07) is 5.28. The monoisotopic (exact) mass is 585 g/mol. The molecular weight excluding hydrogens is 561 g/mol. The number of rotatable bonds is 8. The number of nitrogens with zero attached hydrogens (tertiary/aromatic N) is 5. The molecule has 0 aliphatic carbocycles. The Hall–Kier alpha value is -4.00. The Labute approximate surface area is 226 Å². The summed E-state index contributed by atoms with van der Waals surface area (Å²) in [5.41, 5.74) is 0.984. The molecule has 1 aliphatic heterocycles. The minimum absolute atomic E-state index is 0.0758. The Morgan fingerprint density at radius 2 is 1.92 bits per heavy atom. The molecule has 4 rings (SSSR count). The Morgan fingerprint density at radius 3 is 2.61 bits per heavy atom. The zero-order valence-electron chi connectivity index (χ0n) is 20.6. The van der Waals surface area contributed by atoms with Gasteiger partial charge in [-0.15, -0.1) is 0 Å². The second-order valence-corrected chi connectivity index (χ2v) is 9.66. The highest BCUT2D eigenvalue weighted by molar-refractivity contribution is 9.10. The lowest BCUT2D eigenvalue weighted by molar-refractivity contribution is -0.137. The van der Waals surface area contributed by atoms with Crippen molar-refractivity contribution in [1.82, 2.24) is 29.7 Å². The van der Waals surface area contributed by atoms with Gasteiger partial charge in [0.2, 0.25) is 11.8 Å². The molecule has 38 heavy (non-hydrogen) atoms. The van der Waals surface area contributed by atoms with Crippen LogP contribution in [-0.4, -0.2) is 66.7 Å². The molecule has 0 saturated carbocycles. The lowest BCUT2D eigenvalue weighted by atomic mass is 10.2. The highest BCUT2D eigenvalue weighted by Crippen LogP contribution is 2.23. The van der Waals surface area contributed by atoms with Crippen LogP contribution in [0.15, 0.2) is 47.5 Å². The molecule has 198 valence electrons. The number of nitrogens with one attached hydrogen (secondary N) is 2. The van der Waals surface area contributed by atoms with Crippen LogP contribution in [0.4, 0.5) is 10.2 Å². The number of ketones is 1. The number of aryl methyl sites for hydroxylation is 1. The van der Waals surface area contributed by atoms with Crippen LogP contribution < -0.4 is 10.6 Å². The fourth-order valence-electron chi connectivity index (χ4n) is 4.04. The molecule has 2 N–H and O–H groups in total. The van der Waals surface area contributed by atoms with Crippen LogP contribution >= 0.6 is 15.9 Å². The van der Waals surface area contributed by atoms with Crippen LogP contribution in [0, 0.1) is 6.92 Å². The van der Waals surface area contributed by atoms with E-state index < -0.39 is 29.9 Å². The Balaban J connectivity index is 1.49. The van der Waals surface area contributed by atoms with Gasteiger partial charge in [-0.3, -0.25) is 19.2 Å². The molecule has 1 fully saturated rings. The van der Waals surface area contributed by atoms with Gasteiger partial charge in [-0.25, -0.2) is 19.3 Å². The van der Waals surface area contributed by atoms with Crippen molar-refractivity contribution >= 4 is 45.3 Å². The summed E-state index contributed by atoms with van der Waals surface area (Å²) in [6.45, 7) is 2.59. The van der Waals surface area contributed by atoms with Gasteiger partial charge in [0.25, 0.3) is 5.91 Å². The van der Waals surface area contributed by atoms with Crippen molar-refractivity contribution in [2.75, 3.05) is 11.9 Å². The van der Waals surface area contributed by atoms with Gasteiger partial charge in [-0.2, -0.15) is 0 Å². The van der Waals surface area contributed by atoms with E-state index in [1.165, 1.54) is 23.8 Å². The number of hydrogen-bond acceptors (Lipinski definition) is 7. The third-order valence-corrected chi connectivity index (χ3v) is 6.41. The fraction of sp³-hybridized carbons (Fsp3) is 0.320. The van der Waals surface area contributed by atoms with Gasteiger partial charge >= 0.3 is 0 Å². The van der Waals surface area contributed by atoms with Crippen LogP contribution in [0.25, 0.3) is 0 Å². The zero-order chi connectivity index (χ0) is 27.4. The number of pyridine rings is 1. The van der Waals surface area contributed by atoms with Gasteiger partial charge < -0.3 is 20.1 Å². The molecule has 0 spiro atoms. The molecule has 3 aromatic heterocycles. The first kappa shape index (κ1) is 27.0. The molecule has 0 radical (unpaired) electrons. The average Bonchev–Trinajstić information content (AvgIpc) is 3.47. The average molecular weight is 586 g/mol. The second-order valence-electron chi connectivity index (χ2n) is 8.85. The van der Waals surface area contributed by atoms with Crippen LogP contribution in [-0.2, 0) is 22.7 Å². The molecule has 1 saturated heterocycles. The molecule has 3 amide bonds. The molecule has 2 atom stereocenters. The second kappa shape index (κ2) is 11.6. The normalized spacial score (nSPS) is 16.8. The fourth-order valence-corrected chi connectivity index (χ4v) is 4.38. The predicted molar refractivity (Wildman–Crippen MR) is 138 cm³/mol. The number of alkyl halides is 1. The summed E-state index contributed by atoms with van der Waals surface area (Å²) in [4.78, 5) is 64.6. The Kier molecular flexibility index (Phi) is 8.25. The summed E-state index contributed by atoms with van der Waals surface area (Å²) in [5.74, 6) is -1.10. The van der Waals surface area contributed by atoms with Gasteiger partial charge in [0, 0.05) is 42.7 Å². The number of likely N-dealkylation sites (tertiary alicyclic amines) is 1. The van der Waals surface area contributed by atoms with Crippen molar-refractivity contribution in [2.24, 2.45) is 0 Å². The minimum Gasteiger partial charge on any atom is -0.347 e. The van der Waals surface area contributed by atoms with Gasteiger partial charge in [-0.05, 0) is 48.0 Å². The van der Waals surface area contributed by atoms with E-state index in [9.17, 15) is 23.6 Å². The van der Waals surface area contributed by atoms with Gasteiger partial charge in [0.05, 0.1) is 6.54 Å². The lowest BCUT2D eigenvalue weighted by Crippen LogP contribution is -2.44. The quantitative estimate of drug-likeness (QED) is 0.306. The van der Waals surface area contributed by atoms with E-state index in [4.69, 9.17) is 0 Å². The van der Waals surface area contributed by atoms with Crippen LogP contribution in [0.2, 0.25) is 0 Å². The first-order valence-corrected chi connectivity index (χ1v) is 12.5. The molecule has 3 aromatic rings. The molecule has 11 nitrogen and oxygen atoms in total. The number of Topliss-reactive ketones (excluding diaryl/α,β-unsaturated/α-hetero) is 1. The van der Waals surface area contributed by atoms with E-state index in [1.54, 1.807) is 37.5 Å². The minimum atomic E-state index is -1.39. The maximum absolute atomic E-state index is 14.4. The number of anilines is 1. The third-order valence-electron chi connectivity index (χ3n) is 5.97. The number of carbonyl (C=O) groups excluding carboxylic acids is 4. The number of halogens is 2. The zero-order valence-corrected chi connectivity index (χ0v) is 22.2. The number of amides is 3. The molecule has 0 unspecified atom stereocenters. The standard InChI is InChI=1S/C25H25BrFN7O4/c1-14(35)17-6-19(24(37)30-10-16-8-28-15(2)29-9-16)33(11-17)13-23(36)34-12-18(27)7-20(34)25(38)32-22-5-3-4-21(26)31-22/h3-6,8-9,11,18,20H,7,10,12-13H2,1-2H3,(H,30,37)(H,31,32,38)/t18-,20+/m1/s1. The van der Waals surface area contributed by atoms with Crippen molar-refractivity contribution < 1.29 is 23.6 Å². The van der Waals surface area contributed by atoms with Crippen LogP contribution in [0.5, 0.6) is 0 Å². The van der Waals surface area contributed by atoms with E-state index in [-0.39, 0.29) is 48.9 Å². The largest absolute Gasteiger partial charge is 0.347 e. The van der Waals surface area contributed by atoms with Gasteiger partial charge in [0.15, 0.2) is 5.78 Å². The SMILES string of the molecule is CC(=O)c1cc(C(=O)NCc2cnc(C)nc2)n(CC(=O)N2C[C@H](F)C[C@H]2C(=O)Nc2cccc(Br)n2)c1. The Bertz CT molecular complexity index is 1380. The number of carbonyl (C=O) groups is 4. The smallest absolute Gasteiger partial charge is 0.268 e. The molecular formula is C25H25BrFN7O4. The first-order chi connectivity index (χ1) is 18.1. The highest BCUT2D eigenvalue weighted by atomic mass is 79.9. The maximum atomic E-state index is 14.4. The first-order valence-electron chi connectivity index (χ1n) is 11.7. The molecule has 4 heterocycles. The lowest BCUT2D eigenvalue weighted by Gasteiger charge is -2.24. The Morgan fingerprint density at radius 1 is 1.18 bits per heavy atom. The van der Waals surface area contributed by atoms with Crippen molar-refractivity contribution in [1.29, 1.82) is 0 Å². The van der Waals surface area contributed by atoms with Gasteiger partial charge in [-0.1, -0.05) is 6.07 Å². The van der Waals surface area contributed by atoms with E-state index in [1.807, 2.05) is 0 Å². The summed E-state index contributed by atoms with van der Waals surface area (Å²) in [6.07, 6.45) is 3.01. The summed E-state index contributed by atoms with van der Waals surface area (Å²) in [5, 5.41) is 5.34. The van der Waals surface area contributed by atoms with Crippen LogP contribution in [0.3, 0.4) is 0 Å². The van der Waals surface area contributed by atoms with Crippen LogP contribution in [0.1, 0.15) is 45.6 Å². The van der Waals surface area contributed by atoms with E-state index >= 15 is 0 Å². The summed E-state index contributed by atoms with van der Waals surface area (Å²) in [7, 11) is 0. The number of hydrogen-bond donors (Lipinski definition) is 2. The topological polar surface area (TPSA) is 139 Å². The highest BCUT2D eigenvalue weighted by Gasteiger charge is 2.40. The van der Waals surface area contributed by atoms with E-state index in [0.29, 0.717) is 16.0 Å². The predicted octanol–water partition coefficient (Wildman–Crippen LogP) is 2.45. The van der Waals surface area contributed by atoms with Crippen molar-refractivity contribution in [3.8, 4) is 0 Å². The maximum Gasteiger partial charge on any atom is 0.268 e. The molecule has 1 aliphatic rings. The molecule has 0 bridgehead atoms. The molecule has 13 heteroatoms. The van der Waals surface area contributed by atoms with E-state index in [2.05, 4.69) is 41.5 Å². The molecule has 0 aromatic carbocycles. The summed E-state index contributed by atoms with van der Waals surface area (Å²) >= 11 is 3.22. The van der Waals surface area contributed by atoms with Crippen molar-refractivity contribution in [3.63, 3.8) is 0 Å². The third kappa shape index (κ3) is 6.46. The van der Waals surface area contributed by atoms with Crippen molar-refractivity contribution in [3.05, 3.63) is 70.1 Å². The number of aromatic nitrogens is 4. The van der Waals surface area contributed by atoms with Gasteiger partial charge in [0.1, 0.15) is 40.7 Å². The van der Waals surface area contributed by atoms with Crippen molar-refractivity contribution in [2.45, 2.75) is 45.6 Å².